The summed E-state index contributed by atoms with van der Waals surface area (Å²) < 4.78 is 5.33. The largest absolute Gasteiger partial charge is 0.444 e. The Labute approximate surface area is 87.5 Å². The summed E-state index contributed by atoms with van der Waals surface area (Å²) in [5, 5.41) is 0.719. The molecule has 0 atom stereocenters. The molecule has 0 amide bonds. The standard InChI is InChI=1S/C11H10ClNO/c1-2-10-7-14-11(13-10)8-3-5-9(12)6-4-8/h3-7H,2H2,1H3. The Morgan fingerprint density at radius 2 is 2.00 bits per heavy atom. The lowest BCUT2D eigenvalue weighted by Crippen LogP contribution is -1.80. The average molecular weight is 208 g/mol. The molecule has 2 nitrogen and oxygen atoms in total. The van der Waals surface area contributed by atoms with Crippen molar-refractivity contribution in [2.45, 2.75) is 13.3 Å². The van der Waals surface area contributed by atoms with E-state index in [1.807, 2.05) is 31.2 Å². The van der Waals surface area contributed by atoms with Gasteiger partial charge in [-0.1, -0.05) is 18.5 Å². The van der Waals surface area contributed by atoms with Gasteiger partial charge in [-0.05, 0) is 30.7 Å². The van der Waals surface area contributed by atoms with Gasteiger partial charge in [0.15, 0.2) is 0 Å². The van der Waals surface area contributed by atoms with E-state index in [1.54, 1.807) is 6.26 Å². The first-order chi connectivity index (χ1) is 6.79. The molecular weight excluding hydrogens is 198 g/mol. The van der Waals surface area contributed by atoms with Gasteiger partial charge in [-0.2, -0.15) is 0 Å². The van der Waals surface area contributed by atoms with Crippen molar-refractivity contribution in [1.29, 1.82) is 0 Å². The van der Waals surface area contributed by atoms with Crippen LogP contribution < -0.4 is 0 Å². The van der Waals surface area contributed by atoms with Crippen molar-refractivity contribution >= 4 is 11.6 Å². The van der Waals surface area contributed by atoms with Crippen LogP contribution in [0.5, 0.6) is 0 Å². The summed E-state index contributed by atoms with van der Waals surface area (Å²) in [5.41, 5.74) is 1.92. The van der Waals surface area contributed by atoms with E-state index in [9.17, 15) is 0 Å². The van der Waals surface area contributed by atoms with Crippen LogP contribution >= 0.6 is 11.6 Å². The SMILES string of the molecule is CCc1coc(-c2ccc(Cl)cc2)n1. The highest BCUT2D eigenvalue weighted by Gasteiger charge is 2.04. The highest BCUT2D eigenvalue weighted by molar-refractivity contribution is 6.30. The van der Waals surface area contributed by atoms with Crippen molar-refractivity contribution in [1.82, 2.24) is 4.98 Å². The highest BCUT2D eigenvalue weighted by Crippen LogP contribution is 2.20. The van der Waals surface area contributed by atoms with Crippen LogP contribution in [-0.2, 0) is 6.42 Å². The number of hydrogen-bond donors (Lipinski definition) is 0. The zero-order chi connectivity index (χ0) is 9.97. The van der Waals surface area contributed by atoms with Gasteiger partial charge in [-0.25, -0.2) is 4.98 Å². The van der Waals surface area contributed by atoms with Crippen molar-refractivity contribution in [2.75, 3.05) is 0 Å². The first-order valence-corrected chi connectivity index (χ1v) is 4.87. The Morgan fingerprint density at radius 1 is 1.29 bits per heavy atom. The Morgan fingerprint density at radius 3 is 2.57 bits per heavy atom. The molecule has 0 saturated carbocycles. The highest BCUT2D eigenvalue weighted by atomic mass is 35.5. The zero-order valence-electron chi connectivity index (χ0n) is 7.83. The molecule has 0 radical (unpaired) electrons. The third-order valence-electron chi connectivity index (χ3n) is 2.01. The van der Waals surface area contributed by atoms with E-state index >= 15 is 0 Å². The first kappa shape index (κ1) is 9.28. The number of oxazole rings is 1. The van der Waals surface area contributed by atoms with E-state index in [1.165, 1.54) is 0 Å². The second kappa shape index (κ2) is 3.84. The third-order valence-corrected chi connectivity index (χ3v) is 2.26. The first-order valence-electron chi connectivity index (χ1n) is 4.50. The fraction of sp³-hybridized carbons (Fsp3) is 0.182. The second-order valence-electron chi connectivity index (χ2n) is 3.00. The molecule has 0 aliphatic heterocycles. The van der Waals surface area contributed by atoms with Gasteiger partial charge in [0.2, 0.25) is 5.89 Å². The van der Waals surface area contributed by atoms with Crippen LogP contribution in [0.15, 0.2) is 34.9 Å². The molecule has 0 N–H and O–H groups in total. The third kappa shape index (κ3) is 1.80. The molecule has 1 aromatic heterocycles. The van der Waals surface area contributed by atoms with Crippen LogP contribution in [0.1, 0.15) is 12.6 Å². The predicted molar refractivity (Wildman–Crippen MR) is 56.3 cm³/mol. The summed E-state index contributed by atoms with van der Waals surface area (Å²) in [4.78, 5) is 4.32. The average Bonchev–Trinajstić information content (AvgIpc) is 2.67. The van der Waals surface area contributed by atoms with Crippen LogP contribution in [-0.4, -0.2) is 4.98 Å². The molecule has 1 aromatic carbocycles. The number of benzene rings is 1. The Bertz CT molecular complexity index is 419. The minimum atomic E-state index is 0.651. The molecule has 1 heterocycles. The van der Waals surface area contributed by atoms with Crippen LogP contribution in [0, 0.1) is 0 Å². The lowest BCUT2D eigenvalue weighted by molar-refractivity contribution is 0.573. The number of hydrogen-bond acceptors (Lipinski definition) is 2. The maximum Gasteiger partial charge on any atom is 0.226 e. The summed E-state index contributed by atoms with van der Waals surface area (Å²) in [6.07, 6.45) is 2.57. The molecule has 0 aliphatic carbocycles. The van der Waals surface area contributed by atoms with Crippen molar-refractivity contribution in [3.63, 3.8) is 0 Å². The van der Waals surface area contributed by atoms with Crippen molar-refractivity contribution < 1.29 is 4.42 Å². The molecule has 2 rings (SSSR count). The van der Waals surface area contributed by atoms with Crippen LogP contribution in [0.25, 0.3) is 11.5 Å². The molecule has 0 fully saturated rings. The van der Waals surface area contributed by atoms with E-state index in [4.69, 9.17) is 16.0 Å². The van der Waals surface area contributed by atoms with Crippen molar-refractivity contribution in [2.24, 2.45) is 0 Å². The second-order valence-corrected chi connectivity index (χ2v) is 3.44. The lowest BCUT2D eigenvalue weighted by atomic mass is 10.2. The smallest absolute Gasteiger partial charge is 0.226 e. The minimum Gasteiger partial charge on any atom is -0.444 e. The predicted octanol–water partition coefficient (Wildman–Crippen LogP) is 3.56. The fourth-order valence-electron chi connectivity index (χ4n) is 1.19. The molecule has 0 spiro atoms. The summed E-state index contributed by atoms with van der Waals surface area (Å²) in [5.74, 6) is 0.651. The van der Waals surface area contributed by atoms with E-state index in [0.29, 0.717) is 5.89 Å². The van der Waals surface area contributed by atoms with Gasteiger partial charge in [0.05, 0.1) is 5.69 Å². The van der Waals surface area contributed by atoms with Gasteiger partial charge in [-0.15, -0.1) is 0 Å². The van der Waals surface area contributed by atoms with E-state index < -0.39 is 0 Å². The molecular formula is C11H10ClNO. The van der Waals surface area contributed by atoms with Crippen LogP contribution in [0.2, 0.25) is 5.02 Å². The monoisotopic (exact) mass is 207 g/mol. The maximum absolute atomic E-state index is 5.78. The van der Waals surface area contributed by atoms with Crippen LogP contribution in [0.3, 0.4) is 0 Å². The van der Waals surface area contributed by atoms with Gasteiger partial charge < -0.3 is 4.42 Å². The summed E-state index contributed by atoms with van der Waals surface area (Å²) in [6.45, 7) is 2.05. The Kier molecular flexibility index (Phi) is 2.55. The molecule has 0 aliphatic rings. The zero-order valence-corrected chi connectivity index (χ0v) is 8.58. The van der Waals surface area contributed by atoms with E-state index in [2.05, 4.69) is 4.98 Å². The van der Waals surface area contributed by atoms with E-state index in [0.717, 1.165) is 22.7 Å². The van der Waals surface area contributed by atoms with Gasteiger partial charge in [-0.3, -0.25) is 0 Å². The Hall–Kier alpha value is -1.28. The van der Waals surface area contributed by atoms with Gasteiger partial charge in [0.25, 0.3) is 0 Å². The molecule has 2 aromatic rings. The molecule has 14 heavy (non-hydrogen) atoms. The number of aryl methyl sites for hydroxylation is 1. The quantitative estimate of drug-likeness (QED) is 0.753. The Balaban J connectivity index is 2.34. The normalized spacial score (nSPS) is 10.4. The van der Waals surface area contributed by atoms with Gasteiger partial charge in [0.1, 0.15) is 6.26 Å². The van der Waals surface area contributed by atoms with Gasteiger partial charge in [0, 0.05) is 10.6 Å². The summed E-state index contributed by atoms with van der Waals surface area (Å²) in [6, 6.07) is 7.45. The number of rotatable bonds is 2. The van der Waals surface area contributed by atoms with Crippen molar-refractivity contribution in [3.05, 3.63) is 41.2 Å². The topological polar surface area (TPSA) is 26.0 Å². The maximum atomic E-state index is 5.78. The molecule has 0 unspecified atom stereocenters. The van der Waals surface area contributed by atoms with Gasteiger partial charge >= 0.3 is 0 Å². The molecule has 0 saturated heterocycles. The number of aromatic nitrogens is 1. The van der Waals surface area contributed by atoms with Crippen molar-refractivity contribution in [3.8, 4) is 11.5 Å². The summed E-state index contributed by atoms with van der Waals surface area (Å²) >= 11 is 5.78. The summed E-state index contributed by atoms with van der Waals surface area (Å²) in [7, 11) is 0. The van der Waals surface area contributed by atoms with Crippen LogP contribution in [0.4, 0.5) is 0 Å². The fourth-order valence-corrected chi connectivity index (χ4v) is 1.32. The van der Waals surface area contributed by atoms with E-state index in [-0.39, 0.29) is 0 Å². The molecule has 3 heteroatoms. The molecule has 0 bridgehead atoms. The number of nitrogens with zero attached hydrogens (tertiary/aromatic N) is 1. The minimum absolute atomic E-state index is 0.651. The lowest BCUT2D eigenvalue weighted by Gasteiger charge is -1.94. The molecule has 72 valence electrons. The number of halogens is 1.